The topological polar surface area (TPSA) is 46.9 Å². The Morgan fingerprint density at radius 1 is 1.32 bits per heavy atom. The van der Waals surface area contributed by atoms with E-state index in [0.717, 1.165) is 45.2 Å². The molecule has 0 radical (unpaired) electrons. The van der Waals surface area contributed by atoms with Crippen molar-refractivity contribution >= 4 is 0 Å². The number of methoxy groups -OCH3 is 2. The molecule has 1 unspecified atom stereocenters. The highest BCUT2D eigenvalue weighted by atomic mass is 16.5. The van der Waals surface area contributed by atoms with Gasteiger partial charge in [0.2, 0.25) is 0 Å². The van der Waals surface area contributed by atoms with Gasteiger partial charge in [-0.1, -0.05) is 0 Å². The lowest BCUT2D eigenvalue weighted by atomic mass is 10.3. The van der Waals surface area contributed by atoms with Crippen LogP contribution in [-0.2, 0) is 16.0 Å². The number of nitrogens with zero attached hydrogens (tertiary/aromatic N) is 1. The second-order valence-electron chi connectivity index (χ2n) is 4.59. The summed E-state index contributed by atoms with van der Waals surface area (Å²) in [7, 11) is 3.47. The molecule has 0 saturated heterocycles. The van der Waals surface area contributed by atoms with Gasteiger partial charge in [0.25, 0.3) is 0 Å². The highest BCUT2D eigenvalue weighted by Gasteiger charge is 2.12. The average molecular weight is 270 g/mol. The Labute approximate surface area is 115 Å². The van der Waals surface area contributed by atoms with Gasteiger partial charge in [-0.15, -0.1) is 0 Å². The maximum Gasteiger partial charge on any atom is 0.117 e. The van der Waals surface area contributed by atoms with E-state index in [-0.39, 0.29) is 0 Å². The fourth-order valence-electron chi connectivity index (χ4n) is 1.96. The lowest BCUT2D eigenvalue weighted by molar-refractivity contribution is 0.0756. The molecular formula is C14H26N2O3. The SMILES string of the molecule is COCCN(CCNCc1ccco1)C(C)COC. The van der Waals surface area contributed by atoms with Crippen LogP contribution in [0.3, 0.4) is 0 Å². The quantitative estimate of drug-likeness (QED) is 0.615. The van der Waals surface area contributed by atoms with Gasteiger partial charge in [-0.25, -0.2) is 0 Å². The molecule has 0 amide bonds. The van der Waals surface area contributed by atoms with Crippen LogP contribution in [0.15, 0.2) is 22.8 Å². The monoisotopic (exact) mass is 270 g/mol. The smallest absolute Gasteiger partial charge is 0.117 e. The molecule has 110 valence electrons. The minimum absolute atomic E-state index is 0.394. The van der Waals surface area contributed by atoms with E-state index in [1.54, 1.807) is 20.5 Å². The molecule has 0 spiro atoms. The first-order chi connectivity index (χ1) is 9.27. The van der Waals surface area contributed by atoms with Gasteiger partial charge < -0.3 is 19.2 Å². The summed E-state index contributed by atoms with van der Waals surface area (Å²) in [6.45, 7) is 7.22. The van der Waals surface area contributed by atoms with E-state index in [1.807, 2.05) is 12.1 Å². The van der Waals surface area contributed by atoms with Crippen molar-refractivity contribution in [2.24, 2.45) is 0 Å². The van der Waals surface area contributed by atoms with E-state index < -0.39 is 0 Å². The number of nitrogens with one attached hydrogen (secondary N) is 1. The van der Waals surface area contributed by atoms with Crippen LogP contribution in [-0.4, -0.2) is 58.0 Å². The Balaban J connectivity index is 2.22. The predicted molar refractivity (Wildman–Crippen MR) is 75.2 cm³/mol. The summed E-state index contributed by atoms with van der Waals surface area (Å²) >= 11 is 0. The number of rotatable bonds is 11. The van der Waals surface area contributed by atoms with Gasteiger partial charge in [-0.05, 0) is 19.1 Å². The first-order valence-corrected chi connectivity index (χ1v) is 6.73. The van der Waals surface area contributed by atoms with Gasteiger partial charge in [-0.3, -0.25) is 4.90 Å². The third kappa shape index (κ3) is 6.73. The lowest BCUT2D eigenvalue weighted by Crippen LogP contribution is -2.42. The molecule has 0 saturated carbocycles. The first kappa shape index (κ1) is 16.2. The largest absolute Gasteiger partial charge is 0.468 e. The average Bonchev–Trinajstić information content (AvgIpc) is 2.91. The van der Waals surface area contributed by atoms with E-state index >= 15 is 0 Å². The lowest BCUT2D eigenvalue weighted by Gasteiger charge is -2.28. The molecular weight excluding hydrogens is 244 g/mol. The molecule has 1 aromatic rings. The third-order valence-corrected chi connectivity index (χ3v) is 3.07. The van der Waals surface area contributed by atoms with Crippen molar-refractivity contribution < 1.29 is 13.9 Å². The first-order valence-electron chi connectivity index (χ1n) is 6.73. The number of hydrogen-bond acceptors (Lipinski definition) is 5. The standard InChI is InChI=1S/C14H26N2O3/c1-13(12-18-3)16(8-10-17-2)7-6-15-11-14-5-4-9-19-14/h4-5,9,13,15H,6-8,10-12H2,1-3H3. The number of ether oxygens (including phenoxy) is 2. The second-order valence-corrected chi connectivity index (χ2v) is 4.59. The van der Waals surface area contributed by atoms with Crippen LogP contribution in [0.4, 0.5) is 0 Å². The summed E-state index contributed by atoms with van der Waals surface area (Å²) in [4.78, 5) is 2.36. The molecule has 0 aliphatic heterocycles. The van der Waals surface area contributed by atoms with Crippen molar-refractivity contribution in [2.75, 3.05) is 47.1 Å². The number of hydrogen-bond donors (Lipinski definition) is 1. The maximum absolute atomic E-state index is 5.28. The van der Waals surface area contributed by atoms with Crippen LogP contribution in [0.1, 0.15) is 12.7 Å². The Bertz CT molecular complexity index is 304. The highest BCUT2D eigenvalue weighted by Crippen LogP contribution is 2.00. The van der Waals surface area contributed by atoms with Gasteiger partial charge in [-0.2, -0.15) is 0 Å². The molecule has 0 fully saturated rings. The summed E-state index contributed by atoms with van der Waals surface area (Å²) in [5.74, 6) is 0.966. The fourth-order valence-corrected chi connectivity index (χ4v) is 1.96. The third-order valence-electron chi connectivity index (χ3n) is 3.07. The summed E-state index contributed by atoms with van der Waals surface area (Å²) in [5, 5.41) is 3.37. The van der Waals surface area contributed by atoms with Crippen LogP contribution in [0, 0.1) is 0 Å². The summed E-state index contributed by atoms with van der Waals surface area (Å²) in [6, 6.07) is 4.27. The van der Waals surface area contributed by atoms with Crippen LogP contribution >= 0.6 is 0 Å². The van der Waals surface area contributed by atoms with Crippen LogP contribution in [0.25, 0.3) is 0 Å². The zero-order chi connectivity index (χ0) is 13.9. The van der Waals surface area contributed by atoms with Gasteiger partial charge in [0.15, 0.2) is 0 Å². The van der Waals surface area contributed by atoms with Crippen LogP contribution < -0.4 is 5.32 Å². The molecule has 1 N–H and O–H groups in total. The minimum Gasteiger partial charge on any atom is -0.468 e. The molecule has 19 heavy (non-hydrogen) atoms. The molecule has 0 aromatic carbocycles. The van der Waals surface area contributed by atoms with E-state index in [0.29, 0.717) is 6.04 Å². The second kappa shape index (κ2) is 9.97. The fraction of sp³-hybridized carbons (Fsp3) is 0.714. The van der Waals surface area contributed by atoms with E-state index in [9.17, 15) is 0 Å². The Kier molecular flexibility index (Phi) is 8.49. The van der Waals surface area contributed by atoms with Gasteiger partial charge in [0.1, 0.15) is 5.76 Å². The van der Waals surface area contributed by atoms with Crippen LogP contribution in [0.2, 0.25) is 0 Å². The van der Waals surface area contributed by atoms with Crippen molar-refractivity contribution in [3.63, 3.8) is 0 Å². The van der Waals surface area contributed by atoms with Crippen LogP contribution in [0.5, 0.6) is 0 Å². The number of furan rings is 1. The van der Waals surface area contributed by atoms with Crippen molar-refractivity contribution in [3.8, 4) is 0 Å². The molecule has 0 bridgehead atoms. The summed E-state index contributed by atoms with van der Waals surface area (Å²) < 4.78 is 15.6. The molecule has 5 nitrogen and oxygen atoms in total. The zero-order valence-electron chi connectivity index (χ0n) is 12.2. The molecule has 1 atom stereocenters. The minimum atomic E-state index is 0.394. The van der Waals surface area contributed by atoms with Gasteiger partial charge >= 0.3 is 0 Å². The Morgan fingerprint density at radius 2 is 2.16 bits per heavy atom. The van der Waals surface area contributed by atoms with E-state index in [1.165, 1.54) is 0 Å². The van der Waals surface area contributed by atoms with Crippen molar-refractivity contribution in [3.05, 3.63) is 24.2 Å². The Hall–Kier alpha value is -0.880. The highest BCUT2D eigenvalue weighted by molar-refractivity contribution is 4.97. The maximum atomic E-state index is 5.28. The normalized spacial score (nSPS) is 13.1. The van der Waals surface area contributed by atoms with E-state index in [2.05, 4.69) is 17.1 Å². The molecule has 5 heteroatoms. The van der Waals surface area contributed by atoms with E-state index in [4.69, 9.17) is 13.9 Å². The van der Waals surface area contributed by atoms with Crippen molar-refractivity contribution in [2.45, 2.75) is 19.5 Å². The van der Waals surface area contributed by atoms with Crippen molar-refractivity contribution in [1.29, 1.82) is 0 Å². The van der Waals surface area contributed by atoms with Gasteiger partial charge in [0.05, 0.1) is 26.0 Å². The predicted octanol–water partition coefficient (Wildman–Crippen LogP) is 1.35. The molecule has 1 heterocycles. The molecule has 1 aromatic heterocycles. The van der Waals surface area contributed by atoms with Gasteiger partial charge in [0, 0.05) is 39.9 Å². The summed E-state index contributed by atoms with van der Waals surface area (Å²) in [5.41, 5.74) is 0. The Morgan fingerprint density at radius 3 is 2.79 bits per heavy atom. The summed E-state index contributed by atoms with van der Waals surface area (Å²) in [6.07, 6.45) is 1.70. The van der Waals surface area contributed by atoms with Crippen molar-refractivity contribution in [1.82, 2.24) is 10.2 Å². The molecule has 1 rings (SSSR count). The zero-order valence-corrected chi connectivity index (χ0v) is 12.2. The molecule has 0 aliphatic rings. The molecule has 0 aliphatic carbocycles.